The van der Waals surface area contributed by atoms with Crippen LogP contribution in [0.1, 0.15) is 155 Å². The number of aryl methyl sites for hydroxylation is 3. The smallest absolute Gasteiger partial charge is 0.386 e. The van der Waals surface area contributed by atoms with Gasteiger partial charge in [-0.2, -0.15) is 4.57 Å². The van der Waals surface area contributed by atoms with Gasteiger partial charge in [0.1, 0.15) is 17.2 Å². The molecule has 0 aliphatic carbocycles. The van der Waals surface area contributed by atoms with Crippen LogP contribution in [0.2, 0.25) is 0 Å². The average molecular weight is 705 g/mol. The van der Waals surface area contributed by atoms with E-state index in [0.29, 0.717) is 17.2 Å². The van der Waals surface area contributed by atoms with Crippen LogP contribution in [0.4, 0.5) is 0 Å². The molecule has 0 aromatic heterocycles. The minimum Gasteiger partial charge on any atom is -0.386 e. The minimum atomic E-state index is -4.15. The van der Waals surface area contributed by atoms with Crippen LogP contribution in [0.15, 0.2) is 72.8 Å². The molecular formula is C45H69O4P. The van der Waals surface area contributed by atoms with E-state index in [2.05, 4.69) is 59.7 Å². The lowest BCUT2D eigenvalue weighted by molar-refractivity contribution is 0.295. The Labute approximate surface area is 306 Å². The van der Waals surface area contributed by atoms with Crippen molar-refractivity contribution in [2.75, 3.05) is 0 Å². The number of para-hydroxylation sites is 3. The zero-order valence-corrected chi connectivity index (χ0v) is 33.4. The topological polar surface area (TPSA) is 44.8 Å². The van der Waals surface area contributed by atoms with Crippen molar-refractivity contribution in [3.63, 3.8) is 0 Å². The van der Waals surface area contributed by atoms with Crippen molar-refractivity contribution in [1.82, 2.24) is 0 Å². The molecule has 4 nitrogen and oxygen atoms in total. The summed E-state index contributed by atoms with van der Waals surface area (Å²) in [5.41, 5.74) is 3.11. The summed E-state index contributed by atoms with van der Waals surface area (Å²) >= 11 is 0. The summed E-state index contributed by atoms with van der Waals surface area (Å²) in [6.07, 6.45) is 20.6. The van der Waals surface area contributed by atoms with Gasteiger partial charge in [0.05, 0.1) is 0 Å². The molecule has 0 atom stereocenters. The summed E-state index contributed by atoms with van der Waals surface area (Å²) in [6.45, 7) is 13.7. The van der Waals surface area contributed by atoms with E-state index < -0.39 is 7.82 Å². The van der Waals surface area contributed by atoms with E-state index in [1.165, 1.54) is 77.0 Å². The van der Waals surface area contributed by atoms with Gasteiger partial charge < -0.3 is 13.6 Å². The second-order valence-corrected chi connectivity index (χ2v) is 17.0. The average Bonchev–Trinajstić information content (AvgIpc) is 3.07. The number of hydrogen-bond donors (Lipinski definition) is 0. The van der Waals surface area contributed by atoms with Gasteiger partial charge in [-0.15, -0.1) is 0 Å². The highest BCUT2D eigenvalue weighted by atomic mass is 31.2. The van der Waals surface area contributed by atoms with Gasteiger partial charge in [0, 0.05) is 0 Å². The highest BCUT2D eigenvalue weighted by molar-refractivity contribution is 7.49. The molecule has 5 heteroatoms. The number of phosphoric ester groups is 1. The fourth-order valence-electron chi connectivity index (χ4n) is 6.48. The Balaban J connectivity index is 1.79. The van der Waals surface area contributed by atoms with E-state index in [1.54, 1.807) is 0 Å². The second kappa shape index (κ2) is 23.7. The van der Waals surface area contributed by atoms with Crippen LogP contribution in [0.25, 0.3) is 0 Å². The predicted octanol–water partition coefficient (Wildman–Crippen LogP) is 14.8. The normalized spacial score (nSPS) is 11.9. The summed E-state index contributed by atoms with van der Waals surface area (Å²) in [5, 5.41) is 0. The maximum Gasteiger partial charge on any atom is 0.647 e. The summed E-state index contributed by atoms with van der Waals surface area (Å²) < 4.78 is 34.2. The molecule has 50 heavy (non-hydrogen) atoms. The van der Waals surface area contributed by atoms with Gasteiger partial charge in [0.15, 0.2) is 0 Å². The first-order chi connectivity index (χ1) is 24.1. The first-order valence-electron chi connectivity index (χ1n) is 20.1. The van der Waals surface area contributed by atoms with Crippen LogP contribution >= 0.6 is 7.82 Å². The van der Waals surface area contributed by atoms with E-state index in [0.717, 1.165) is 73.0 Å². The lowest BCUT2D eigenvalue weighted by Gasteiger charge is -2.23. The molecule has 0 aliphatic rings. The number of benzene rings is 3. The van der Waals surface area contributed by atoms with Crippen molar-refractivity contribution in [2.24, 2.45) is 17.8 Å². The highest BCUT2D eigenvalue weighted by Crippen LogP contribution is 2.52. The highest BCUT2D eigenvalue weighted by Gasteiger charge is 2.35. The van der Waals surface area contributed by atoms with Crippen molar-refractivity contribution in [3.05, 3.63) is 89.5 Å². The van der Waals surface area contributed by atoms with E-state index in [9.17, 15) is 4.57 Å². The Kier molecular flexibility index (Phi) is 19.8. The zero-order chi connectivity index (χ0) is 36.0. The molecule has 0 heterocycles. The van der Waals surface area contributed by atoms with E-state index in [-0.39, 0.29) is 0 Å². The predicted molar refractivity (Wildman–Crippen MR) is 214 cm³/mol. The Morgan fingerprint density at radius 1 is 0.400 bits per heavy atom. The van der Waals surface area contributed by atoms with Crippen LogP contribution < -0.4 is 13.6 Å². The summed E-state index contributed by atoms with van der Waals surface area (Å²) in [5.74, 6) is 3.96. The fourth-order valence-corrected chi connectivity index (χ4v) is 7.85. The minimum absolute atomic E-state index is 0.572. The lowest BCUT2D eigenvalue weighted by atomic mass is 10.0. The van der Waals surface area contributed by atoms with Gasteiger partial charge in [-0.25, -0.2) is 0 Å². The third-order valence-corrected chi connectivity index (χ3v) is 10.7. The lowest BCUT2D eigenvalue weighted by Crippen LogP contribution is -2.10. The van der Waals surface area contributed by atoms with Crippen molar-refractivity contribution < 1.29 is 18.1 Å². The second-order valence-electron chi connectivity index (χ2n) is 15.6. The van der Waals surface area contributed by atoms with Crippen LogP contribution in [0.5, 0.6) is 17.2 Å². The maximum atomic E-state index is 14.9. The molecule has 0 N–H and O–H groups in total. The van der Waals surface area contributed by atoms with Gasteiger partial charge in [0.25, 0.3) is 0 Å². The molecule has 278 valence electrons. The van der Waals surface area contributed by atoms with Crippen LogP contribution in [-0.2, 0) is 23.8 Å². The zero-order valence-electron chi connectivity index (χ0n) is 32.5. The Bertz CT molecular complexity index is 1220. The third kappa shape index (κ3) is 17.0. The fraction of sp³-hybridized carbons (Fsp3) is 0.600. The van der Waals surface area contributed by atoms with Crippen molar-refractivity contribution >= 4 is 7.82 Å². The van der Waals surface area contributed by atoms with Gasteiger partial charge in [-0.05, 0) is 91.2 Å². The van der Waals surface area contributed by atoms with E-state index >= 15 is 0 Å². The van der Waals surface area contributed by atoms with Gasteiger partial charge in [0.2, 0.25) is 0 Å². The van der Waals surface area contributed by atoms with E-state index in [1.807, 2.05) is 54.6 Å². The molecule has 0 amide bonds. The molecule has 0 unspecified atom stereocenters. The molecule has 0 radical (unpaired) electrons. The Morgan fingerprint density at radius 2 is 0.660 bits per heavy atom. The van der Waals surface area contributed by atoms with Crippen molar-refractivity contribution in [3.8, 4) is 17.2 Å². The largest absolute Gasteiger partial charge is 0.647 e. The monoisotopic (exact) mass is 704 g/mol. The molecule has 3 rings (SSSR count). The van der Waals surface area contributed by atoms with Crippen LogP contribution in [0, 0.1) is 17.8 Å². The molecule has 0 saturated carbocycles. The molecule has 0 fully saturated rings. The summed E-state index contributed by atoms with van der Waals surface area (Å²) in [4.78, 5) is 0. The molecule has 3 aromatic rings. The molecule has 0 bridgehead atoms. The maximum absolute atomic E-state index is 14.9. The third-order valence-electron chi connectivity index (χ3n) is 9.48. The number of unbranched alkanes of at least 4 members (excludes halogenated alkanes) is 9. The Morgan fingerprint density at radius 3 is 0.940 bits per heavy atom. The summed E-state index contributed by atoms with van der Waals surface area (Å²) in [7, 11) is -4.15. The molecular weight excluding hydrogens is 635 g/mol. The SMILES string of the molecule is CC(C)CCCCCCc1ccccc1OP(=O)(Oc1ccccc1CCCCCCC(C)C)Oc1ccccc1CCCCCCC(C)C. The van der Waals surface area contributed by atoms with E-state index in [4.69, 9.17) is 13.6 Å². The number of hydrogen-bond acceptors (Lipinski definition) is 4. The van der Waals surface area contributed by atoms with Gasteiger partial charge >= 0.3 is 7.82 Å². The van der Waals surface area contributed by atoms with Gasteiger partial charge in [-0.3, -0.25) is 0 Å². The summed E-state index contributed by atoms with van der Waals surface area (Å²) in [6, 6.07) is 23.8. The van der Waals surface area contributed by atoms with Crippen LogP contribution in [0.3, 0.4) is 0 Å². The van der Waals surface area contributed by atoms with Crippen molar-refractivity contribution in [1.29, 1.82) is 0 Å². The van der Waals surface area contributed by atoms with Crippen molar-refractivity contribution in [2.45, 2.75) is 157 Å². The first-order valence-corrected chi connectivity index (χ1v) is 21.5. The molecule has 0 aliphatic heterocycles. The standard InChI is InChI=1S/C45H69O4P/c1-37(2)25-13-7-10-16-28-40-31-19-22-34-43(40)47-50(46,48-44-35-23-20-32-41(44)29-17-11-8-14-26-38(3)4)49-45-36-24-21-33-42(45)30-18-12-9-15-27-39(5)6/h19-24,31-39H,7-18,25-30H2,1-6H3. The number of phosphoric acid groups is 1. The number of rotatable bonds is 27. The molecule has 3 aromatic carbocycles. The van der Waals surface area contributed by atoms with Crippen LogP contribution in [-0.4, -0.2) is 0 Å². The quantitative estimate of drug-likeness (QED) is 0.0585. The Hall–Kier alpha value is -2.71. The first kappa shape index (κ1) is 41.7. The molecule has 0 spiro atoms. The molecule has 0 saturated heterocycles. The van der Waals surface area contributed by atoms with Gasteiger partial charge in [-0.1, -0.05) is 173 Å².